The topological polar surface area (TPSA) is 98.7 Å². The molecular weight excluding hydrogens is 256 g/mol. The van der Waals surface area contributed by atoms with E-state index < -0.39 is 0 Å². The average molecular weight is 274 g/mol. The molecule has 0 fully saturated rings. The number of nitrogens with zero attached hydrogens (tertiary/aromatic N) is 4. The quantitative estimate of drug-likeness (QED) is 0.822. The highest BCUT2D eigenvalue weighted by atomic mass is 16.1. The van der Waals surface area contributed by atoms with Gasteiger partial charge in [0.15, 0.2) is 0 Å². The first-order valence-corrected chi connectivity index (χ1v) is 6.54. The predicted octanol–water partition coefficient (Wildman–Crippen LogP) is 1.12. The summed E-state index contributed by atoms with van der Waals surface area (Å²) >= 11 is 0. The number of hydrogen-bond acceptors (Lipinski definition) is 5. The number of aromatic nitrogens is 4. The van der Waals surface area contributed by atoms with E-state index in [1.54, 1.807) is 0 Å². The van der Waals surface area contributed by atoms with Gasteiger partial charge in [0, 0.05) is 18.2 Å². The summed E-state index contributed by atoms with van der Waals surface area (Å²) in [5, 5.41) is 13.8. The van der Waals surface area contributed by atoms with E-state index in [0.717, 1.165) is 24.2 Å². The maximum Gasteiger partial charge on any atom is 0.224 e. The summed E-state index contributed by atoms with van der Waals surface area (Å²) in [7, 11) is 0. The third-order valence-corrected chi connectivity index (χ3v) is 2.81. The van der Waals surface area contributed by atoms with Crippen LogP contribution in [0.25, 0.3) is 5.69 Å². The van der Waals surface area contributed by atoms with E-state index in [2.05, 4.69) is 20.8 Å². The van der Waals surface area contributed by atoms with Crippen molar-refractivity contribution in [3.05, 3.63) is 30.6 Å². The Balaban J connectivity index is 1.93. The minimum atomic E-state index is -0.0143. The number of carbonyl (C=O) groups excluding carboxylic acids is 1. The van der Waals surface area contributed by atoms with Crippen LogP contribution in [0.5, 0.6) is 0 Å². The predicted molar refractivity (Wildman–Crippen MR) is 75.3 cm³/mol. The number of hydrogen-bond donors (Lipinski definition) is 2. The van der Waals surface area contributed by atoms with Crippen LogP contribution in [0.3, 0.4) is 0 Å². The highest BCUT2D eigenvalue weighted by Gasteiger charge is 2.05. The summed E-state index contributed by atoms with van der Waals surface area (Å²) in [5.74, 6) is -0.0143. The maximum absolute atomic E-state index is 11.8. The standard InChI is InChI=1S/C13H18N6O/c1-10(14)4-2-7-13(20)16-11-5-3-6-12(8-11)19-9-15-17-18-19/h3,5-6,8-10H,2,4,7,14H2,1H3,(H,16,20). The Morgan fingerprint density at radius 2 is 2.35 bits per heavy atom. The Kier molecular flexibility index (Phi) is 4.78. The van der Waals surface area contributed by atoms with E-state index in [4.69, 9.17) is 5.73 Å². The van der Waals surface area contributed by atoms with Gasteiger partial charge in [0.1, 0.15) is 6.33 Å². The van der Waals surface area contributed by atoms with Crippen LogP contribution in [-0.4, -0.2) is 32.2 Å². The molecule has 106 valence electrons. The second kappa shape index (κ2) is 6.76. The van der Waals surface area contributed by atoms with Crippen molar-refractivity contribution in [1.29, 1.82) is 0 Å². The smallest absolute Gasteiger partial charge is 0.224 e. The monoisotopic (exact) mass is 274 g/mol. The second-order valence-electron chi connectivity index (χ2n) is 4.72. The van der Waals surface area contributed by atoms with Gasteiger partial charge in [-0.15, -0.1) is 5.10 Å². The molecule has 2 aromatic rings. The summed E-state index contributed by atoms with van der Waals surface area (Å²) in [4.78, 5) is 11.8. The zero-order valence-electron chi connectivity index (χ0n) is 11.4. The fraction of sp³-hybridized carbons (Fsp3) is 0.385. The molecule has 0 saturated heterocycles. The van der Waals surface area contributed by atoms with Gasteiger partial charge < -0.3 is 11.1 Å². The SMILES string of the molecule is CC(N)CCCC(=O)Nc1cccc(-n2cnnn2)c1. The van der Waals surface area contributed by atoms with E-state index in [0.29, 0.717) is 6.42 Å². The van der Waals surface area contributed by atoms with Gasteiger partial charge in [-0.1, -0.05) is 6.07 Å². The minimum Gasteiger partial charge on any atom is -0.328 e. The lowest BCUT2D eigenvalue weighted by Gasteiger charge is -2.08. The van der Waals surface area contributed by atoms with Crippen LogP contribution < -0.4 is 11.1 Å². The molecular formula is C13H18N6O. The van der Waals surface area contributed by atoms with Gasteiger partial charge in [-0.05, 0) is 48.4 Å². The van der Waals surface area contributed by atoms with E-state index in [9.17, 15) is 4.79 Å². The summed E-state index contributed by atoms with van der Waals surface area (Å²) in [6.45, 7) is 1.94. The van der Waals surface area contributed by atoms with Crippen molar-refractivity contribution >= 4 is 11.6 Å². The molecule has 1 aromatic carbocycles. The molecule has 0 spiro atoms. The Labute approximate surface area is 117 Å². The molecule has 7 nitrogen and oxygen atoms in total. The molecule has 2 rings (SSSR count). The first-order valence-electron chi connectivity index (χ1n) is 6.54. The third kappa shape index (κ3) is 4.13. The summed E-state index contributed by atoms with van der Waals surface area (Å²) < 4.78 is 1.53. The van der Waals surface area contributed by atoms with Gasteiger partial charge in [0.25, 0.3) is 0 Å². The van der Waals surface area contributed by atoms with Crippen molar-refractivity contribution in [3.63, 3.8) is 0 Å². The number of nitrogens with two attached hydrogens (primary N) is 1. The summed E-state index contributed by atoms with van der Waals surface area (Å²) in [6.07, 6.45) is 3.61. The zero-order valence-corrected chi connectivity index (χ0v) is 11.4. The molecule has 0 saturated carbocycles. The number of amides is 1. The first kappa shape index (κ1) is 14.1. The second-order valence-corrected chi connectivity index (χ2v) is 4.72. The van der Waals surface area contributed by atoms with Crippen molar-refractivity contribution in [3.8, 4) is 5.69 Å². The molecule has 3 N–H and O–H groups in total. The highest BCUT2D eigenvalue weighted by Crippen LogP contribution is 2.14. The van der Waals surface area contributed by atoms with Crippen molar-refractivity contribution < 1.29 is 4.79 Å². The third-order valence-electron chi connectivity index (χ3n) is 2.81. The molecule has 1 unspecified atom stereocenters. The molecule has 0 aliphatic carbocycles. The van der Waals surface area contributed by atoms with Crippen LogP contribution in [0.4, 0.5) is 5.69 Å². The number of nitrogens with one attached hydrogen (secondary N) is 1. The van der Waals surface area contributed by atoms with Crippen LogP contribution >= 0.6 is 0 Å². The number of anilines is 1. The van der Waals surface area contributed by atoms with Crippen molar-refractivity contribution in [1.82, 2.24) is 20.2 Å². The molecule has 0 aliphatic heterocycles. The van der Waals surface area contributed by atoms with E-state index >= 15 is 0 Å². The Morgan fingerprint density at radius 1 is 1.50 bits per heavy atom. The van der Waals surface area contributed by atoms with Crippen molar-refractivity contribution in [2.75, 3.05) is 5.32 Å². The van der Waals surface area contributed by atoms with Gasteiger partial charge >= 0.3 is 0 Å². The van der Waals surface area contributed by atoms with E-state index in [1.807, 2.05) is 31.2 Å². The molecule has 1 amide bonds. The highest BCUT2D eigenvalue weighted by molar-refractivity contribution is 5.90. The van der Waals surface area contributed by atoms with E-state index in [-0.39, 0.29) is 11.9 Å². The van der Waals surface area contributed by atoms with Crippen molar-refractivity contribution in [2.45, 2.75) is 32.2 Å². The fourth-order valence-electron chi connectivity index (χ4n) is 1.81. The van der Waals surface area contributed by atoms with Crippen LogP contribution in [-0.2, 0) is 4.79 Å². The molecule has 0 aliphatic rings. The van der Waals surface area contributed by atoms with Gasteiger partial charge in [-0.2, -0.15) is 0 Å². The lowest BCUT2D eigenvalue weighted by molar-refractivity contribution is -0.116. The molecule has 0 radical (unpaired) electrons. The van der Waals surface area contributed by atoms with Gasteiger partial charge in [0.2, 0.25) is 5.91 Å². The van der Waals surface area contributed by atoms with Gasteiger partial charge in [-0.3, -0.25) is 4.79 Å². The van der Waals surface area contributed by atoms with E-state index in [1.165, 1.54) is 11.0 Å². The summed E-state index contributed by atoms with van der Waals surface area (Å²) in [6, 6.07) is 7.49. The Hall–Kier alpha value is -2.28. The molecule has 7 heteroatoms. The molecule has 0 bridgehead atoms. The molecule has 1 aromatic heterocycles. The average Bonchev–Trinajstić information content (AvgIpc) is 2.92. The number of carbonyl (C=O) groups is 1. The van der Waals surface area contributed by atoms with Crippen molar-refractivity contribution in [2.24, 2.45) is 5.73 Å². The molecule has 1 atom stereocenters. The van der Waals surface area contributed by atoms with Crippen LogP contribution in [0, 0.1) is 0 Å². The van der Waals surface area contributed by atoms with Crippen LogP contribution in [0.1, 0.15) is 26.2 Å². The van der Waals surface area contributed by atoms with Crippen LogP contribution in [0.15, 0.2) is 30.6 Å². The van der Waals surface area contributed by atoms with Gasteiger partial charge in [0.05, 0.1) is 5.69 Å². The lowest BCUT2D eigenvalue weighted by Crippen LogP contribution is -2.16. The number of tetrazole rings is 1. The Morgan fingerprint density at radius 3 is 3.05 bits per heavy atom. The zero-order chi connectivity index (χ0) is 14.4. The largest absolute Gasteiger partial charge is 0.328 e. The van der Waals surface area contributed by atoms with Gasteiger partial charge in [-0.25, -0.2) is 4.68 Å². The fourth-order valence-corrected chi connectivity index (χ4v) is 1.81. The normalized spacial score (nSPS) is 12.1. The maximum atomic E-state index is 11.8. The first-order chi connectivity index (χ1) is 9.65. The minimum absolute atomic E-state index is 0.0143. The summed E-state index contributed by atoms with van der Waals surface area (Å²) in [5.41, 5.74) is 7.17. The Bertz CT molecular complexity index is 552. The van der Waals surface area contributed by atoms with Crippen LogP contribution in [0.2, 0.25) is 0 Å². The number of rotatable bonds is 6. The molecule has 20 heavy (non-hydrogen) atoms. The molecule has 1 heterocycles. The number of benzene rings is 1. The lowest BCUT2D eigenvalue weighted by atomic mass is 10.1.